The van der Waals surface area contributed by atoms with Gasteiger partial charge in [0.05, 0.1) is 12.7 Å². The average Bonchev–Trinajstić information content (AvgIpc) is 3.01. The van der Waals surface area contributed by atoms with Gasteiger partial charge in [-0.2, -0.15) is 0 Å². The van der Waals surface area contributed by atoms with Crippen molar-refractivity contribution >= 4 is 17.7 Å². The maximum atomic E-state index is 13.8. The fourth-order valence-electron chi connectivity index (χ4n) is 6.75. The lowest BCUT2D eigenvalue weighted by Gasteiger charge is -2.52. The van der Waals surface area contributed by atoms with Gasteiger partial charge in [0.1, 0.15) is 17.3 Å². The summed E-state index contributed by atoms with van der Waals surface area (Å²) < 4.78 is 5.83. The molecule has 0 bridgehead atoms. The fraction of sp³-hybridized carbons (Fsp3) is 0.719. The highest BCUT2D eigenvalue weighted by Crippen LogP contribution is 2.36. The third-order valence-electron chi connectivity index (χ3n) is 9.38. The Morgan fingerprint density at radius 1 is 1.05 bits per heavy atom. The van der Waals surface area contributed by atoms with E-state index in [0.717, 1.165) is 83.2 Å². The molecule has 1 saturated carbocycles. The Bertz CT molecular complexity index is 1000. The minimum Gasteiger partial charge on any atom is -0.494 e. The van der Waals surface area contributed by atoms with Gasteiger partial charge in [0.15, 0.2) is 0 Å². The molecule has 0 radical (unpaired) electrons. The van der Waals surface area contributed by atoms with Gasteiger partial charge in [-0.05, 0) is 88.1 Å². The van der Waals surface area contributed by atoms with E-state index in [4.69, 9.17) is 4.74 Å². The first-order valence-electron chi connectivity index (χ1n) is 15.9. The number of carbonyl (C=O) groups is 3. The largest absolute Gasteiger partial charge is 0.494 e. The highest BCUT2D eigenvalue weighted by atomic mass is 16.5. The Hall–Kier alpha value is -2.65. The predicted octanol–water partition coefficient (Wildman–Crippen LogP) is 3.50. The second-order valence-corrected chi connectivity index (χ2v) is 12.1. The Balaban J connectivity index is 1.23. The van der Waals surface area contributed by atoms with Crippen LogP contribution in [0, 0.1) is 5.92 Å². The van der Waals surface area contributed by atoms with E-state index in [0.29, 0.717) is 31.6 Å². The van der Waals surface area contributed by atoms with Crippen molar-refractivity contribution in [1.29, 1.82) is 0 Å². The van der Waals surface area contributed by atoms with Crippen molar-refractivity contribution in [2.75, 3.05) is 39.8 Å². The first kappa shape index (κ1) is 31.3. The van der Waals surface area contributed by atoms with Gasteiger partial charge in [-0.1, -0.05) is 32.6 Å². The maximum Gasteiger partial charge on any atom is 0.251 e. The van der Waals surface area contributed by atoms with Crippen LogP contribution in [-0.2, 0) is 9.59 Å². The van der Waals surface area contributed by atoms with Gasteiger partial charge in [-0.15, -0.1) is 0 Å². The Morgan fingerprint density at radius 2 is 1.76 bits per heavy atom. The van der Waals surface area contributed by atoms with Crippen LogP contribution < -0.4 is 15.4 Å². The van der Waals surface area contributed by atoms with Crippen molar-refractivity contribution in [3.8, 4) is 5.75 Å². The molecule has 41 heavy (non-hydrogen) atoms. The second kappa shape index (κ2) is 15.0. The molecule has 1 aromatic carbocycles. The summed E-state index contributed by atoms with van der Waals surface area (Å²) in [6, 6.07) is 6.35. The number of piperazine rings is 1. The maximum absolute atomic E-state index is 13.8. The van der Waals surface area contributed by atoms with Gasteiger partial charge in [-0.3, -0.25) is 14.4 Å². The summed E-state index contributed by atoms with van der Waals surface area (Å²) in [5.41, 5.74) is -0.184. The first-order chi connectivity index (χ1) is 19.9. The molecule has 3 N–H and O–H groups in total. The summed E-state index contributed by atoms with van der Waals surface area (Å²) in [6.45, 7) is 5.84. The van der Waals surface area contributed by atoms with Crippen LogP contribution in [0.4, 0.5) is 0 Å². The number of benzene rings is 1. The lowest BCUT2D eigenvalue weighted by molar-refractivity contribution is -0.165. The molecular weight excluding hydrogens is 520 g/mol. The van der Waals surface area contributed by atoms with Crippen LogP contribution in [0.15, 0.2) is 24.3 Å². The van der Waals surface area contributed by atoms with Crippen molar-refractivity contribution in [3.63, 3.8) is 0 Å². The zero-order valence-corrected chi connectivity index (χ0v) is 25.0. The van der Waals surface area contributed by atoms with Gasteiger partial charge in [0.25, 0.3) is 5.91 Å². The Morgan fingerprint density at radius 3 is 2.41 bits per heavy atom. The third-order valence-corrected chi connectivity index (χ3v) is 9.38. The molecule has 2 aliphatic heterocycles. The molecule has 1 aliphatic carbocycles. The summed E-state index contributed by atoms with van der Waals surface area (Å²) in [5.74, 6) is 0.575. The van der Waals surface area contributed by atoms with Crippen LogP contribution in [0.3, 0.4) is 0 Å². The van der Waals surface area contributed by atoms with Gasteiger partial charge in [-0.25, -0.2) is 0 Å². The predicted molar refractivity (Wildman–Crippen MR) is 159 cm³/mol. The highest BCUT2D eigenvalue weighted by molar-refractivity contribution is 6.00. The molecule has 4 rings (SSSR count). The summed E-state index contributed by atoms with van der Waals surface area (Å²) >= 11 is 0. The molecule has 228 valence electrons. The molecular formula is C32H50N4O5. The molecule has 1 aromatic rings. The van der Waals surface area contributed by atoms with E-state index in [9.17, 15) is 19.5 Å². The van der Waals surface area contributed by atoms with Crippen LogP contribution in [-0.4, -0.2) is 90.1 Å². The molecule has 2 saturated heterocycles. The SMILES string of the molecule is CCCCN1C(=O)[C@@H](C(O)C2CCCCC2)NC(=O)C12CCN(CCCCCOc1ccc(C(=O)NC)cc1)CC2. The number of amides is 3. The summed E-state index contributed by atoms with van der Waals surface area (Å²) in [7, 11) is 1.62. The molecule has 3 amide bonds. The van der Waals surface area contributed by atoms with E-state index in [1.54, 1.807) is 19.2 Å². The number of piperidine rings is 1. The number of rotatable bonds is 13. The van der Waals surface area contributed by atoms with Crippen LogP contribution in [0.2, 0.25) is 0 Å². The molecule has 9 heteroatoms. The van der Waals surface area contributed by atoms with Crippen LogP contribution in [0.25, 0.3) is 0 Å². The number of unbranched alkanes of at least 4 members (excludes halogenated alkanes) is 3. The van der Waals surface area contributed by atoms with Crippen molar-refractivity contribution in [1.82, 2.24) is 20.4 Å². The van der Waals surface area contributed by atoms with Crippen LogP contribution in [0.1, 0.15) is 94.3 Å². The molecule has 9 nitrogen and oxygen atoms in total. The quantitative estimate of drug-likeness (QED) is 0.313. The van der Waals surface area contributed by atoms with E-state index in [2.05, 4.69) is 22.5 Å². The van der Waals surface area contributed by atoms with E-state index < -0.39 is 17.7 Å². The Labute approximate surface area is 245 Å². The van der Waals surface area contributed by atoms with Gasteiger partial charge < -0.3 is 30.3 Å². The number of hydrogen-bond acceptors (Lipinski definition) is 6. The van der Waals surface area contributed by atoms with E-state index >= 15 is 0 Å². The zero-order chi connectivity index (χ0) is 29.2. The minimum absolute atomic E-state index is 0.0757. The average molecular weight is 571 g/mol. The van der Waals surface area contributed by atoms with Crippen molar-refractivity contribution in [2.24, 2.45) is 5.92 Å². The highest BCUT2D eigenvalue weighted by Gasteiger charge is 2.55. The lowest BCUT2D eigenvalue weighted by atomic mass is 9.78. The Kier molecular flexibility index (Phi) is 11.5. The minimum atomic E-state index is -0.817. The third kappa shape index (κ3) is 7.60. The lowest BCUT2D eigenvalue weighted by Crippen LogP contribution is -2.75. The molecule has 2 atom stereocenters. The number of hydrogen-bond donors (Lipinski definition) is 3. The van der Waals surface area contributed by atoms with Gasteiger partial charge >= 0.3 is 0 Å². The van der Waals surface area contributed by atoms with Crippen LogP contribution in [0.5, 0.6) is 5.75 Å². The summed E-state index contributed by atoms with van der Waals surface area (Å²) in [5, 5.41) is 16.7. The number of nitrogens with zero attached hydrogens (tertiary/aromatic N) is 2. The topological polar surface area (TPSA) is 111 Å². The van der Waals surface area contributed by atoms with E-state index in [-0.39, 0.29) is 23.6 Å². The monoisotopic (exact) mass is 570 g/mol. The number of ether oxygens (including phenoxy) is 1. The normalized spacial score (nSPS) is 22.4. The molecule has 0 aromatic heterocycles. The van der Waals surface area contributed by atoms with Gasteiger partial charge in [0.2, 0.25) is 11.8 Å². The standard InChI is InChI=1S/C32H50N4O5/c1-3-4-20-36-30(39)27(28(37)24-11-7-5-8-12-24)34-31(40)32(36)17-21-35(22-18-32)19-9-6-10-23-41-26-15-13-25(14-16-26)29(38)33-2/h13-16,24,27-28,37H,3-12,17-23H2,1-2H3,(H,33,38)(H,34,40)/t27-,28?/m1/s1. The number of nitrogens with one attached hydrogen (secondary N) is 2. The van der Waals surface area contributed by atoms with Crippen molar-refractivity contribution < 1.29 is 24.2 Å². The smallest absolute Gasteiger partial charge is 0.251 e. The summed E-state index contributed by atoms with van der Waals surface area (Å²) in [4.78, 5) is 43.3. The molecule has 3 aliphatic rings. The zero-order valence-electron chi connectivity index (χ0n) is 25.0. The fourth-order valence-corrected chi connectivity index (χ4v) is 6.75. The molecule has 1 spiro atoms. The molecule has 2 heterocycles. The van der Waals surface area contributed by atoms with Crippen molar-refractivity contribution in [2.45, 2.75) is 102 Å². The molecule has 1 unspecified atom stereocenters. The number of aliphatic hydroxyl groups excluding tert-OH is 1. The van der Waals surface area contributed by atoms with Crippen molar-refractivity contribution in [3.05, 3.63) is 29.8 Å². The molecule has 3 fully saturated rings. The number of likely N-dealkylation sites (tertiary alicyclic amines) is 1. The number of carbonyl (C=O) groups excluding carboxylic acids is 3. The van der Waals surface area contributed by atoms with E-state index in [1.165, 1.54) is 6.42 Å². The second-order valence-electron chi connectivity index (χ2n) is 12.1. The number of aliphatic hydroxyl groups is 1. The van der Waals surface area contributed by atoms with E-state index in [1.807, 2.05) is 17.0 Å². The van der Waals surface area contributed by atoms with Crippen LogP contribution >= 0.6 is 0 Å². The first-order valence-corrected chi connectivity index (χ1v) is 15.9. The van der Waals surface area contributed by atoms with Gasteiger partial charge in [0, 0.05) is 32.2 Å². The summed E-state index contributed by atoms with van der Waals surface area (Å²) in [6.07, 6.45) is 10.5.